The summed E-state index contributed by atoms with van der Waals surface area (Å²) in [4.78, 5) is 26.9. The maximum atomic E-state index is 12.4. The van der Waals surface area contributed by atoms with Gasteiger partial charge in [0.05, 0.1) is 43.6 Å². The third-order valence-corrected chi connectivity index (χ3v) is 6.23. The Morgan fingerprint density at radius 2 is 1.90 bits per heavy atom. The number of H-pyrrole nitrogens is 2. The van der Waals surface area contributed by atoms with Gasteiger partial charge in [-0.3, -0.25) is 14.3 Å². The van der Waals surface area contributed by atoms with Crippen molar-refractivity contribution in [3.8, 4) is 11.5 Å². The molecule has 0 amide bonds. The fourth-order valence-electron chi connectivity index (χ4n) is 3.95. The molecule has 5 N–H and O–H groups in total. The number of rotatable bonds is 12. The first-order valence-corrected chi connectivity index (χ1v) is 12.7. The highest BCUT2D eigenvalue weighted by Crippen LogP contribution is 2.27. The minimum absolute atomic E-state index is 0.00771. The van der Waals surface area contributed by atoms with Crippen molar-refractivity contribution in [1.29, 1.82) is 0 Å². The van der Waals surface area contributed by atoms with Crippen LogP contribution in [0.4, 0.5) is 0 Å². The molecule has 0 unspecified atom stereocenters. The highest BCUT2D eigenvalue weighted by atomic mass is 32.1. The molecule has 0 aliphatic heterocycles. The molecule has 0 bridgehead atoms. The second kappa shape index (κ2) is 12.4. The second-order valence-electron chi connectivity index (χ2n) is 9.11. The van der Waals surface area contributed by atoms with Gasteiger partial charge in [0.15, 0.2) is 0 Å². The van der Waals surface area contributed by atoms with E-state index in [1.54, 1.807) is 0 Å². The quantitative estimate of drug-likeness (QED) is 0.128. The molecule has 15 nitrogen and oxygen atoms in total. The molecule has 5 aromatic rings. The average Bonchev–Trinajstić information content (AvgIpc) is 3.72. The zero-order chi connectivity index (χ0) is 28.9. The lowest BCUT2D eigenvalue weighted by atomic mass is 10.1. The van der Waals surface area contributed by atoms with E-state index in [-0.39, 0.29) is 41.7 Å². The van der Waals surface area contributed by atoms with Crippen molar-refractivity contribution in [1.82, 2.24) is 34.7 Å². The molecular weight excluding hydrogens is 558 g/mol. The van der Waals surface area contributed by atoms with Crippen molar-refractivity contribution in [2.45, 2.75) is 44.6 Å². The summed E-state index contributed by atoms with van der Waals surface area (Å²) >= 11 is 4.83. The van der Waals surface area contributed by atoms with Gasteiger partial charge in [0.25, 0.3) is 10.4 Å². The van der Waals surface area contributed by atoms with Crippen molar-refractivity contribution in [2.24, 2.45) is 0 Å². The Morgan fingerprint density at radius 3 is 2.66 bits per heavy atom. The van der Waals surface area contributed by atoms with Gasteiger partial charge in [-0.05, 0) is 23.8 Å². The first-order chi connectivity index (χ1) is 19.8. The number of nitrogens with one attached hydrogen (secondary N) is 2. The van der Waals surface area contributed by atoms with Crippen LogP contribution in [0.2, 0.25) is 0 Å². The van der Waals surface area contributed by atoms with Gasteiger partial charge in [0.1, 0.15) is 36.0 Å². The van der Waals surface area contributed by atoms with Crippen LogP contribution in [0.3, 0.4) is 0 Å². The Hall–Kier alpha value is -4.48. The number of aliphatic hydroxyl groups excluding tert-OH is 3. The molecule has 0 aliphatic rings. The zero-order valence-electron chi connectivity index (χ0n) is 21.3. The lowest BCUT2D eigenvalue weighted by Crippen LogP contribution is -2.35. The fourth-order valence-corrected chi connectivity index (χ4v) is 4.08. The smallest absolute Gasteiger partial charge is 0.328 e. The first-order valence-electron chi connectivity index (χ1n) is 12.3. The summed E-state index contributed by atoms with van der Waals surface area (Å²) in [6.07, 6.45) is -0.578. The third kappa shape index (κ3) is 6.82. The van der Waals surface area contributed by atoms with E-state index in [0.717, 1.165) is 5.56 Å². The molecule has 3 atom stereocenters. The van der Waals surface area contributed by atoms with Gasteiger partial charge >= 0.3 is 5.69 Å². The molecule has 0 aliphatic carbocycles. The molecule has 1 aromatic carbocycles. The molecule has 0 saturated heterocycles. The van der Waals surface area contributed by atoms with E-state index in [0.29, 0.717) is 17.9 Å². The molecule has 41 heavy (non-hydrogen) atoms. The molecule has 0 spiro atoms. The number of nitrogens with zero attached hydrogens (tertiary/aromatic N) is 5. The maximum Gasteiger partial charge on any atom is 0.328 e. The second-order valence-corrected chi connectivity index (χ2v) is 9.48. The van der Waals surface area contributed by atoms with E-state index in [1.807, 2.05) is 30.3 Å². The van der Waals surface area contributed by atoms with E-state index in [9.17, 15) is 24.9 Å². The number of benzene rings is 1. The summed E-state index contributed by atoms with van der Waals surface area (Å²) in [5.74, 6) is 0.103. The van der Waals surface area contributed by atoms with Crippen LogP contribution in [0.15, 0.2) is 73.5 Å². The van der Waals surface area contributed by atoms with Gasteiger partial charge in [0, 0.05) is 6.20 Å². The first kappa shape index (κ1) is 28.1. The molecule has 0 saturated carbocycles. The standard InChI is InChI=1S/C25H25N7O8S/c33-18(20(34)21(35)19-6-15(13-39-19)23-28-29-25(41)40-23)10-32-9-17(27-30-32)8-31-7-16(22(36)26-24(31)37)12-38-11-14-4-2-1-3-5-14/h1-7,9,13,18,20-21,33-35H,8,10-12H2,(H,29,41)(H,26,36,37)/t18-,20-,21-/m1/s1. The molecular formula is C25H25N7O8S. The Balaban J connectivity index is 1.19. The van der Waals surface area contributed by atoms with Crippen LogP contribution in [-0.4, -0.2) is 62.3 Å². The molecule has 0 fully saturated rings. The van der Waals surface area contributed by atoms with Crippen molar-refractivity contribution in [3.63, 3.8) is 0 Å². The van der Waals surface area contributed by atoms with E-state index < -0.39 is 29.6 Å². The monoisotopic (exact) mass is 583 g/mol. The largest absolute Gasteiger partial charge is 0.466 e. The minimum atomic E-state index is -1.65. The van der Waals surface area contributed by atoms with Gasteiger partial charge in [-0.1, -0.05) is 35.5 Å². The Labute approximate surface area is 235 Å². The minimum Gasteiger partial charge on any atom is -0.466 e. The number of ether oxygens (including phenoxy) is 1. The van der Waals surface area contributed by atoms with Crippen LogP contribution in [0.25, 0.3) is 11.5 Å². The predicted molar refractivity (Wildman–Crippen MR) is 142 cm³/mol. The number of aromatic amines is 2. The van der Waals surface area contributed by atoms with Crippen LogP contribution in [0.1, 0.15) is 28.7 Å². The summed E-state index contributed by atoms with van der Waals surface area (Å²) < 4.78 is 18.6. The van der Waals surface area contributed by atoms with E-state index in [2.05, 4.69) is 25.5 Å². The number of hydrogen-bond acceptors (Lipinski definition) is 12. The van der Waals surface area contributed by atoms with Crippen LogP contribution in [0.5, 0.6) is 0 Å². The van der Waals surface area contributed by atoms with Crippen LogP contribution in [0, 0.1) is 4.84 Å². The number of hydrogen-bond donors (Lipinski definition) is 5. The normalized spacial score (nSPS) is 13.7. The molecule has 4 heterocycles. The molecule has 4 aromatic heterocycles. The average molecular weight is 584 g/mol. The maximum absolute atomic E-state index is 12.4. The van der Waals surface area contributed by atoms with Gasteiger partial charge in [0.2, 0.25) is 5.89 Å². The van der Waals surface area contributed by atoms with Crippen LogP contribution < -0.4 is 11.2 Å². The highest BCUT2D eigenvalue weighted by Gasteiger charge is 2.29. The Morgan fingerprint density at radius 1 is 1.10 bits per heavy atom. The topological polar surface area (TPSA) is 210 Å². The zero-order valence-corrected chi connectivity index (χ0v) is 22.1. The highest BCUT2D eigenvalue weighted by molar-refractivity contribution is 7.71. The number of aliphatic hydroxyl groups is 3. The summed E-state index contributed by atoms with van der Waals surface area (Å²) in [5.41, 5.74) is 0.728. The third-order valence-electron chi connectivity index (χ3n) is 6.06. The van der Waals surface area contributed by atoms with E-state index in [1.165, 1.54) is 34.0 Å². The van der Waals surface area contributed by atoms with E-state index in [4.69, 9.17) is 25.8 Å². The Kier molecular flexibility index (Phi) is 8.46. The van der Waals surface area contributed by atoms with E-state index >= 15 is 0 Å². The molecule has 214 valence electrons. The lowest BCUT2D eigenvalue weighted by molar-refractivity contribution is -0.0739. The predicted octanol–water partition coefficient (Wildman–Crippen LogP) is 0.654. The summed E-state index contributed by atoms with van der Waals surface area (Å²) in [6, 6.07) is 10.8. The van der Waals surface area contributed by atoms with Crippen molar-refractivity contribution >= 4 is 12.2 Å². The number of furan rings is 1. The van der Waals surface area contributed by atoms with Crippen molar-refractivity contribution < 1.29 is 28.9 Å². The molecule has 0 radical (unpaired) electrons. The molecule has 16 heteroatoms. The number of aromatic nitrogens is 7. The molecule has 5 rings (SSSR count). The SMILES string of the molecule is O=c1[nH]c(=O)n(Cc2cn(C[C@@H](O)[C@@H](O)[C@H](O)c3cc(-c4n[nH]c(=S)o4)co3)nn2)cc1COCc1ccccc1. The summed E-state index contributed by atoms with van der Waals surface area (Å²) in [5, 5.41) is 45.7. The van der Waals surface area contributed by atoms with Crippen molar-refractivity contribution in [3.05, 3.63) is 103 Å². The van der Waals surface area contributed by atoms with Crippen LogP contribution in [-0.2, 0) is 31.0 Å². The van der Waals surface area contributed by atoms with Gasteiger partial charge in [-0.25, -0.2) is 14.6 Å². The van der Waals surface area contributed by atoms with Crippen LogP contribution >= 0.6 is 12.2 Å². The lowest BCUT2D eigenvalue weighted by Gasteiger charge is -2.21. The van der Waals surface area contributed by atoms with Gasteiger partial charge in [-0.2, -0.15) is 0 Å². The summed E-state index contributed by atoms with van der Waals surface area (Å²) in [6.45, 7) is 0.0353. The van der Waals surface area contributed by atoms with Gasteiger partial charge in [-0.15, -0.1) is 10.2 Å². The Bertz CT molecular complexity index is 1770. The fraction of sp³-hybridized carbons (Fsp3) is 0.280. The van der Waals surface area contributed by atoms with Gasteiger partial charge < -0.3 is 28.9 Å². The van der Waals surface area contributed by atoms with Crippen molar-refractivity contribution in [2.75, 3.05) is 0 Å². The summed E-state index contributed by atoms with van der Waals surface area (Å²) in [7, 11) is 0.